The van der Waals surface area contributed by atoms with Crippen molar-refractivity contribution in [2.24, 2.45) is 0 Å². The Morgan fingerprint density at radius 1 is 1.17 bits per heavy atom. The van der Waals surface area contributed by atoms with E-state index in [9.17, 15) is 9.18 Å². The lowest BCUT2D eigenvalue weighted by molar-refractivity contribution is -0.122. The van der Waals surface area contributed by atoms with Gasteiger partial charge in [-0.15, -0.1) is 0 Å². The number of nitrogens with one attached hydrogen (secondary N) is 1. The fourth-order valence-corrected chi connectivity index (χ4v) is 2.46. The van der Waals surface area contributed by atoms with Crippen molar-refractivity contribution in [3.05, 3.63) is 58.4 Å². The Hall–Kier alpha value is -2.07. The SMILES string of the molecule is Cc1ccc(C(C)C)c(O[C@@H](C)C(=O)Nc2ccc(F)c(Cl)c2)c1. The van der Waals surface area contributed by atoms with Crippen molar-refractivity contribution in [2.75, 3.05) is 5.32 Å². The highest BCUT2D eigenvalue weighted by atomic mass is 35.5. The molecule has 1 amide bonds. The molecule has 2 aromatic carbocycles. The number of ether oxygens (including phenoxy) is 1. The third-order valence-electron chi connectivity index (χ3n) is 3.65. The van der Waals surface area contributed by atoms with Gasteiger partial charge in [0.15, 0.2) is 6.10 Å². The molecule has 0 heterocycles. The molecule has 1 N–H and O–H groups in total. The Balaban J connectivity index is 2.11. The molecule has 0 radical (unpaired) electrons. The summed E-state index contributed by atoms with van der Waals surface area (Å²) in [5.41, 5.74) is 2.53. The van der Waals surface area contributed by atoms with Crippen LogP contribution in [-0.2, 0) is 4.79 Å². The highest BCUT2D eigenvalue weighted by molar-refractivity contribution is 6.31. The zero-order chi connectivity index (χ0) is 17.9. The molecule has 0 aliphatic rings. The molecule has 0 fully saturated rings. The van der Waals surface area contributed by atoms with Crippen LogP contribution in [0.1, 0.15) is 37.8 Å². The third-order valence-corrected chi connectivity index (χ3v) is 3.94. The van der Waals surface area contributed by atoms with Gasteiger partial charge in [0.25, 0.3) is 5.91 Å². The lowest BCUT2D eigenvalue weighted by atomic mass is 10.0. The van der Waals surface area contributed by atoms with Gasteiger partial charge in [0.05, 0.1) is 5.02 Å². The molecule has 0 spiro atoms. The van der Waals surface area contributed by atoms with Crippen molar-refractivity contribution in [3.8, 4) is 5.75 Å². The maximum Gasteiger partial charge on any atom is 0.265 e. The van der Waals surface area contributed by atoms with Gasteiger partial charge in [-0.2, -0.15) is 0 Å². The molecule has 0 aromatic heterocycles. The molecule has 0 bridgehead atoms. The first kappa shape index (κ1) is 18.3. The average molecular weight is 350 g/mol. The van der Waals surface area contributed by atoms with Gasteiger partial charge in [0.2, 0.25) is 0 Å². The van der Waals surface area contributed by atoms with Gasteiger partial charge >= 0.3 is 0 Å². The number of anilines is 1. The number of carbonyl (C=O) groups excluding carboxylic acids is 1. The summed E-state index contributed by atoms with van der Waals surface area (Å²) >= 11 is 5.72. The van der Waals surface area contributed by atoms with Gasteiger partial charge in [-0.25, -0.2) is 4.39 Å². The van der Waals surface area contributed by atoms with Gasteiger partial charge < -0.3 is 10.1 Å². The molecule has 0 unspecified atom stereocenters. The maximum atomic E-state index is 13.2. The first-order valence-corrected chi connectivity index (χ1v) is 8.19. The number of hydrogen-bond donors (Lipinski definition) is 1. The van der Waals surface area contributed by atoms with E-state index in [4.69, 9.17) is 16.3 Å². The van der Waals surface area contributed by atoms with Crippen LogP contribution in [0.25, 0.3) is 0 Å². The summed E-state index contributed by atoms with van der Waals surface area (Å²) in [5.74, 6) is 0.130. The monoisotopic (exact) mass is 349 g/mol. The van der Waals surface area contributed by atoms with Gasteiger partial charge in [-0.1, -0.05) is 37.6 Å². The number of aryl methyl sites for hydroxylation is 1. The van der Waals surface area contributed by atoms with Crippen molar-refractivity contribution < 1.29 is 13.9 Å². The summed E-state index contributed by atoms with van der Waals surface area (Å²) in [6.45, 7) is 7.79. The van der Waals surface area contributed by atoms with E-state index < -0.39 is 11.9 Å². The van der Waals surface area contributed by atoms with Gasteiger partial charge in [0, 0.05) is 5.69 Å². The molecule has 0 aliphatic heterocycles. The molecular weight excluding hydrogens is 329 g/mol. The number of benzene rings is 2. The van der Waals surface area contributed by atoms with E-state index in [2.05, 4.69) is 19.2 Å². The Labute approximate surface area is 146 Å². The first-order valence-electron chi connectivity index (χ1n) is 7.81. The Bertz CT molecular complexity index is 746. The minimum absolute atomic E-state index is 0.0397. The number of hydrogen-bond acceptors (Lipinski definition) is 2. The van der Waals surface area contributed by atoms with Crippen LogP contribution in [0.5, 0.6) is 5.75 Å². The Kier molecular flexibility index (Phi) is 5.84. The summed E-state index contributed by atoms with van der Waals surface area (Å²) in [4.78, 5) is 12.3. The summed E-state index contributed by atoms with van der Waals surface area (Å²) < 4.78 is 19.0. The predicted molar refractivity (Wildman–Crippen MR) is 95.4 cm³/mol. The topological polar surface area (TPSA) is 38.3 Å². The van der Waals surface area contributed by atoms with Crippen LogP contribution in [0.15, 0.2) is 36.4 Å². The average Bonchev–Trinajstić information content (AvgIpc) is 2.50. The molecular formula is C19H21ClFNO2. The summed E-state index contributed by atoms with van der Waals surface area (Å²) in [6.07, 6.45) is -0.701. The second-order valence-electron chi connectivity index (χ2n) is 6.07. The van der Waals surface area contributed by atoms with Crippen molar-refractivity contribution in [3.63, 3.8) is 0 Å². The van der Waals surface area contributed by atoms with Crippen LogP contribution >= 0.6 is 11.6 Å². The maximum absolute atomic E-state index is 13.2. The Morgan fingerprint density at radius 3 is 2.50 bits per heavy atom. The second-order valence-corrected chi connectivity index (χ2v) is 6.48. The van der Waals surface area contributed by atoms with Gasteiger partial charge in [0.1, 0.15) is 11.6 Å². The molecule has 5 heteroatoms. The number of rotatable bonds is 5. The number of carbonyl (C=O) groups is 1. The van der Waals surface area contributed by atoms with E-state index >= 15 is 0 Å². The molecule has 24 heavy (non-hydrogen) atoms. The summed E-state index contributed by atoms with van der Waals surface area (Å²) in [5, 5.41) is 2.64. The van der Waals surface area contributed by atoms with Crippen LogP contribution in [0, 0.1) is 12.7 Å². The van der Waals surface area contributed by atoms with Crippen molar-refractivity contribution in [1.82, 2.24) is 0 Å². The first-order chi connectivity index (χ1) is 11.3. The zero-order valence-corrected chi connectivity index (χ0v) is 14.9. The Morgan fingerprint density at radius 2 is 1.88 bits per heavy atom. The number of amides is 1. The molecule has 3 nitrogen and oxygen atoms in total. The minimum Gasteiger partial charge on any atom is -0.481 e. The van der Waals surface area contributed by atoms with E-state index in [1.165, 1.54) is 18.2 Å². The summed E-state index contributed by atoms with van der Waals surface area (Å²) in [7, 11) is 0. The van der Waals surface area contributed by atoms with Crippen LogP contribution in [0.4, 0.5) is 10.1 Å². The molecule has 1 atom stereocenters. The van der Waals surface area contributed by atoms with Crippen LogP contribution < -0.4 is 10.1 Å². The highest BCUT2D eigenvalue weighted by Crippen LogP contribution is 2.28. The third kappa shape index (κ3) is 4.48. The molecule has 0 aliphatic carbocycles. The molecule has 0 saturated heterocycles. The molecule has 128 valence electrons. The van der Waals surface area contributed by atoms with E-state index in [-0.39, 0.29) is 16.8 Å². The lowest BCUT2D eigenvalue weighted by Crippen LogP contribution is -2.30. The molecule has 2 aromatic rings. The zero-order valence-electron chi connectivity index (χ0n) is 14.2. The summed E-state index contributed by atoms with van der Waals surface area (Å²) in [6, 6.07) is 9.99. The van der Waals surface area contributed by atoms with Crippen molar-refractivity contribution >= 4 is 23.2 Å². The fourth-order valence-electron chi connectivity index (χ4n) is 2.28. The largest absolute Gasteiger partial charge is 0.481 e. The van der Waals surface area contributed by atoms with Crippen molar-refractivity contribution in [1.29, 1.82) is 0 Å². The molecule has 0 saturated carbocycles. The lowest BCUT2D eigenvalue weighted by Gasteiger charge is -2.19. The van der Waals surface area contributed by atoms with E-state index in [0.29, 0.717) is 11.4 Å². The van der Waals surface area contributed by atoms with Crippen LogP contribution in [0.2, 0.25) is 5.02 Å². The minimum atomic E-state index is -0.701. The highest BCUT2D eigenvalue weighted by Gasteiger charge is 2.18. The molecule has 2 rings (SSSR count). The van der Waals surface area contributed by atoms with Gasteiger partial charge in [-0.3, -0.25) is 4.79 Å². The number of halogens is 2. The smallest absolute Gasteiger partial charge is 0.265 e. The normalized spacial score (nSPS) is 12.1. The fraction of sp³-hybridized carbons (Fsp3) is 0.316. The standard InChI is InChI=1S/C19H21ClFNO2/c1-11(2)15-7-5-12(3)9-18(15)24-13(4)19(23)22-14-6-8-17(21)16(20)10-14/h5-11,13H,1-4H3,(H,22,23)/t13-/m0/s1. The van der Waals surface area contributed by atoms with E-state index in [1.807, 2.05) is 25.1 Å². The van der Waals surface area contributed by atoms with Gasteiger partial charge in [-0.05, 0) is 55.2 Å². The van der Waals surface area contributed by atoms with E-state index in [1.54, 1.807) is 6.92 Å². The quantitative estimate of drug-likeness (QED) is 0.793. The van der Waals surface area contributed by atoms with Crippen LogP contribution in [-0.4, -0.2) is 12.0 Å². The van der Waals surface area contributed by atoms with E-state index in [0.717, 1.165) is 11.1 Å². The van der Waals surface area contributed by atoms with Crippen LogP contribution in [0.3, 0.4) is 0 Å². The van der Waals surface area contributed by atoms with Crippen molar-refractivity contribution in [2.45, 2.75) is 39.7 Å². The predicted octanol–water partition coefficient (Wildman–Crippen LogP) is 5.32. The second kappa shape index (κ2) is 7.67.